The van der Waals surface area contributed by atoms with Gasteiger partial charge in [-0.3, -0.25) is 14.9 Å². The second-order valence-corrected chi connectivity index (χ2v) is 5.78. The van der Waals surface area contributed by atoms with Crippen molar-refractivity contribution in [2.75, 3.05) is 13.1 Å². The Balaban J connectivity index is 1.67. The van der Waals surface area contributed by atoms with Gasteiger partial charge in [-0.2, -0.15) is 5.26 Å². The summed E-state index contributed by atoms with van der Waals surface area (Å²) in [5.74, 6) is 0.513. The van der Waals surface area contributed by atoms with E-state index in [2.05, 4.69) is 33.1 Å². The molecule has 0 radical (unpaired) electrons. The molecule has 0 amide bonds. The van der Waals surface area contributed by atoms with E-state index in [-0.39, 0.29) is 0 Å². The van der Waals surface area contributed by atoms with Gasteiger partial charge in [0, 0.05) is 37.1 Å². The average molecular weight is 292 g/mol. The number of rotatable bonds is 4. The monoisotopic (exact) mass is 292 g/mol. The third-order valence-electron chi connectivity index (χ3n) is 4.27. The number of pyridine rings is 2. The van der Waals surface area contributed by atoms with Gasteiger partial charge in [-0.05, 0) is 43.1 Å². The first-order chi connectivity index (χ1) is 10.8. The second kappa shape index (κ2) is 6.67. The van der Waals surface area contributed by atoms with Crippen molar-refractivity contribution in [2.45, 2.75) is 32.2 Å². The zero-order valence-corrected chi connectivity index (χ0v) is 12.9. The Labute approximate surface area is 131 Å². The molecule has 1 fully saturated rings. The Bertz CT molecular complexity index is 675. The van der Waals surface area contributed by atoms with Crippen LogP contribution in [0.2, 0.25) is 0 Å². The molecule has 1 aliphatic rings. The minimum atomic E-state index is 0.513. The maximum atomic E-state index is 9.21. The summed E-state index contributed by atoms with van der Waals surface area (Å²) >= 11 is 0. The van der Waals surface area contributed by atoms with Crippen LogP contribution in [0.4, 0.5) is 0 Å². The maximum absolute atomic E-state index is 9.21. The van der Waals surface area contributed by atoms with Crippen molar-refractivity contribution in [2.24, 2.45) is 0 Å². The molecule has 0 spiro atoms. The third-order valence-corrected chi connectivity index (χ3v) is 4.27. The van der Waals surface area contributed by atoms with Crippen LogP contribution in [-0.2, 0) is 13.0 Å². The lowest BCUT2D eigenvalue weighted by molar-refractivity contribution is 0.326. The van der Waals surface area contributed by atoms with Crippen LogP contribution in [0.25, 0.3) is 0 Å². The largest absolute Gasteiger partial charge is 0.298 e. The van der Waals surface area contributed by atoms with Gasteiger partial charge >= 0.3 is 0 Å². The fourth-order valence-electron chi connectivity index (χ4n) is 3.09. The summed E-state index contributed by atoms with van der Waals surface area (Å²) in [6.07, 6.45) is 5.72. The molecule has 4 heteroatoms. The third kappa shape index (κ3) is 3.15. The summed E-state index contributed by atoms with van der Waals surface area (Å²) in [4.78, 5) is 11.3. The number of nitrogens with zero attached hydrogens (tertiary/aromatic N) is 4. The van der Waals surface area contributed by atoms with Crippen molar-refractivity contribution in [3.8, 4) is 6.07 Å². The standard InChI is InChI=1S/C18H20N4/c1-2-17-16(10-19)9-14(11-21-17)12-22-8-6-15(13-22)18-5-3-4-7-20-18/h3-5,7,9,11,15H,2,6,8,12-13H2,1H3. The van der Waals surface area contributed by atoms with Crippen LogP contribution in [0.3, 0.4) is 0 Å². The Kier molecular flexibility index (Phi) is 4.45. The first-order valence-electron chi connectivity index (χ1n) is 7.81. The predicted octanol–water partition coefficient (Wildman–Crippen LogP) is 2.90. The van der Waals surface area contributed by atoms with E-state index in [0.29, 0.717) is 11.5 Å². The topological polar surface area (TPSA) is 52.8 Å². The van der Waals surface area contributed by atoms with Crippen molar-refractivity contribution >= 4 is 0 Å². The highest BCUT2D eigenvalue weighted by molar-refractivity contribution is 5.36. The molecule has 1 atom stereocenters. The van der Waals surface area contributed by atoms with Crippen LogP contribution in [0.1, 0.15) is 41.8 Å². The van der Waals surface area contributed by atoms with Crippen LogP contribution in [0.5, 0.6) is 0 Å². The van der Waals surface area contributed by atoms with Gasteiger partial charge in [-0.1, -0.05) is 13.0 Å². The van der Waals surface area contributed by atoms with Gasteiger partial charge in [0.2, 0.25) is 0 Å². The van der Waals surface area contributed by atoms with Gasteiger partial charge in [0.25, 0.3) is 0 Å². The lowest BCUT2D eigenvalue weighted by atomic mass is 10.0. The second-order valence-electron chi connectivity index (χ2n) is 5.78. The molecule has 1 aliphatic heterocycles. The Morgan fingerprint density at radius 3 is 3.00 bits per heavy atom. The van der Waals surface area contributed by atoms with Gasteiger partial charge in [0.1, 0.15) is 6.07 Å². The van der Waals surface area contributed by atoms with E-state index < -0.39 is 0 Å². The lowest BCUT2D eigenvalue weighted by Crippen LogP contribution is -2.20. The average Bonchev–Trinajstić information content (AvgIpc) is 3.04. The van der Waals surface area contributed by atoms with Gasteiger partial charge < -0.3 is 0 Å². The number of nitriles is 1. The molecule has 22 heavy (non-hydrogen) atoms. The van der Waals surface area contributed by atoms with Crippen molar-refractivity contribution < 1.29 is 0 Å². The van der Waals surface area contributed by atoms with E-state index >= 15 is 0 Å². The molecule has 0 aromatic carbocycles. The quantitative estimate of drug-likeness (QED) is 0.869. The zero-order valence-electron chi connectivity index (χ0n) is 12.9. The maximum Gasteiger partial charge on any atom is 0.101 e. The van der Waals surface area contributed by atoms with E-state index in [1.54, 1.807) is 0 Å². The van der Waals surface area contributed by atoms with Gasteiger partial charge in [-0.25, -0.2) is 0 Å². The zero-order chi connectivity index (χ0) is 15.4. The summed E-state index contributed by atoms with van der Waals surface area (Å²) in [5.41, 5.74) is 3.90. The van der Waals surface area contributed by atoms with Crippen molar-refractivity contribution in [3.63, 3.8) is 0 Å². The predicted molar refractivity (Wildman–Crippen MR) is 85.2 cm³/mol. The van der Waals surface area contributed by atoms with Crippen LogP contribution in [-0.4, -0.2) is 28.0 Å². The summed E-state index contributed by atoms with van der Waals surface area (Å²) < 4.78 is 0. The first-order valence-corrected chi connectivity index (χ1v) is 7.81. The highest BCUT2D eigenvalue weighted by atomic mass is 15.1. The lowest BCUT2D eigenvalue weighted by Gasteiger charge is -2.16. The summed E-state index contributed by atoms with van der Waals surface area (Å²) in [6.45, 7) is 4.98. The SMILES string of the molecule is CCc1ncc(CN2CCC(c3ccccn3)C2)cc1C#N. The molecule has 0 saturated carbocycles. The minimum absolute atomic E-state index is 0.513. The molecule has 0 aliphatic carbocycles. The Morgan fingerprint density at radius 1 is 1.36 bits per heavy atom. The molecular weight excluding hydrogens is 272 g/mol. The normalized spacial score (nSPS) is 18.3. The smallest absolute Gasteiger partial charge is 0.101 e. The number of hydrogen-bond acceptors (Lipinski definition) is 4. The fraction of sp³-hybridized carbons (Fsp3) is 0.389. The molecule has 3 rings (SSSR count). The molecule has 0 bridgehead atoms. The van der Waals surface area contributed by atoms with E-state index in [9.17, 15) is 5.26 Å². The van der Waals surface area contributed by atoms with E-state index in [0.717, 1.165) is 43.7 Å². The van der Waals surface area contributed by atoms with E-state index in [4.69, 9.17) is 0 Å². The molecule has 1 unspecified atom stereocenters. The van der Waals surface area contributed by atoms with Gasteiger partial charge in [-0.15, -0.1) is 0 Å². The van der Waals surface area contributed by atoms with E-state index in [1.807, 2.05) is 31.5 Å². The van der Waals surface area contributed by atoms with Crippen molar-refractivity contribution in [1.29, 1.82) is 5.26 Å². The van der Waals surface area contributed by atoms with Gasteiger partial charge in [0.05, 0.1) is 11.3 Å². The Morgan fingerprint density at radius 2 is 2.27 bits per heavy atom. The fourth-order valence-corrected chi connectivity index (χ4v) is 3.09. The summed E-state index contributed by atoms with van der Waals surface area (Å²) in [6, 6.07) is 10.4. The van der Waals surface area contributed by atoms with Crippen molar-refractivity contribution in [3.05, 3.63) is 59.2 Å². The molecule has 2 aromatic heterocycles. The van der Waals surface area contributed by atoms with Crippen LogP contribution in [0, 0.1) is 11.3 Å². The van der Waals surface area contributed by atoms with Crippen molar-refractivity contribution in [1.82, 2.24) is 14.9 Å². The number of aromatic nitrogens is 2. The van der Waals surface area contributed by atoms with E-state index in [1.165, 1.54) is 5.69 Å². The number of aryl methyl sites for hydroxylation is 1. The molecular formula is C18H20N4. The Hall–Kier alpha value is -2.25. The minimum Gasteiger partial charge on any atom is -0.298 e. The first kappa shape index (κ1) is 14.7. The van der Waals surface area contributed by atoms with Gasteiger partial charge in [0.15, 0.2) is 0 Å². The summed E-state index contributed by atoms with van der Waals surface area (Å²) in [5, 5.41) is 9.21. The number of hydrogen-bond donors (Lipinski definition) is 0. The number of likely N-dealkylation sites (tertiary alicyclic amines) is 1. The molecule has 1 saturated heterocycles. The van der Waals surface area contributed by atoms with Crippen LogP contribution >= 0.6 is 0 Å². The molecule has 112 valence electrons. The molecule has 2 aromatic rings. The van der Waals surface area contributed by atoms with Crippen LogP contribution in [0.15, 0.2) is 36.7 Å². The molecule has 3 heterocycles. The highest BCUT2D eigenvalue weighted by Crippen LogP contribution is 2.26. The molecule has 4 nitrogen and oxygen atoms in total. The summed E-state index contributed by atoms with van der Waals surface area (Å²) in [7, 11) is 0. The highest BCUT2D eigenvalue weighted by Gasteiger charge is 2.24. The molecule has 0 N–H and O–H groups in total. The van der Waals surface area contributed by atoms with Crippen LogP contribution < -0.4 is 0 Å².